The number of benzene rings is 1. The molecule has 1 aliphatic rings. The molecular formula is C17H22N4. The maximum Gasteiger partial charge on any atom is 0.127 e. The van der Waals surface area contributed by atoms with Gasteiger partial charge in [0.1, 0.15) is 5.82 Å². The maximum atomic E-state index is 5.92. The fourth-order valence-electron chi connectivity index (χ4n) is 2.81. The van der Waals surface area contributed by atoms with E-state index in [0.29, 0.717) is 5.82 Å². The van der Waals surface area contributed by atoms with Gasteiger partial charge in [-0.1, -0.05) is 18.2 Å². The van der Waals surface area contributed by atoms with Crippen molar-refractivity contribution in [2.75, 3.05) is 36.8 Å². The van der Waals surface area contributed by atoms with Crippen LogP contribution in [0.5, 0.6) is 0 Å². The highest BCUT2D eigenvalue weighted by molar-refractivity contribution is 5.48. The van der Waals surface area contributed by atoms with Crippen molar-refractivity contribution < 1.29 is 0 Å². The predicted octanol–water partition coefficient (Wildman–Crippen LogP) is 2.29. The van der Waals surface area contributed by atoms with Crippen LogP contribution < -0.4 is 10.6 Å². The first-order valence-electron chi connectivity index (χ1n) is 7.46. The number of piperazine rings is 1. The molecule has 1 fully saturated rings. The van der Waals surface area contributed by atoms with E-state index in [-0.39, 0.29) is 0 Å². The van der Waals surface area contributed by atoms with Crippen LogP contribution in [0, 0.1) is 6.92 Å². The van der Waals surface area contributed by atoms with Crippen molar-refractivity contribution in [1.29, 1.82) is 0 Å². The Hall–Kier alpha value is -2.07. The fourth-order valence-corrected chi connectivity index (χ4v) is 2.81. The molecule has 0 bridgehead atoms. The van der Waals surface area contributed by atoms with Crippen molar-refractivity contribution in [3.8, 4) is 0 Å². The lowest BCUT2D eigenvalue weighted by atomic mass is 10.1. The van der Waals surface area contributed by atoms with Gasteiger partial charge in [-0.15, -0.1) is 0 Å². The standard InChI is InChI=1S/C17H22N4/c1-14-4-2-6-16(12-14)21-10-8-20(9-11-21)13-15-5-3-7-19-17(15)18/h2-7,12H,8-11,13H2,1H3,(H2,18,19). The first kappa shape index (κ1) is 13.9. The summed E-state index contributed by atoms with van der Waals surface area (Å²) in [6.07, 6.45) is 1.74. The predicted molar refractivity (Wildman–Crippen MR) is 87.3 cm³/mol. The number of hydrogen-bond acceptors (Lipinski definition) is 4. The quantitative estimate of drug-likeness (QED) is 0.938. The van der Waals surface area contributed by atoms with Gasteiger partial charge in [0, 0.05) is 50.2 Å². The van der Waals surface area contributed by atoms with E-state index in [0.717, 1.165) is 38.3 Å². The Bertz CT molecular complexity index is 603. The SMILES string of the molecule is Cc1cccc(N2CCN(Cc3cccnc3N)CC2)c1. The Morgan fingerprint density at radius 3 is 2.62 bits per heavy atom. The smallest absolute Gasteiger partial charge is 0.127 e. The molecule has 110 valence electrons. The molecule has 0 atom stereocenters. The van der Waals surface area contributed by atoms with Gasteiger partial charge in [0.2, 0.25) is 0 Å². The number of aryl methyl sites for hydroxylation is 1. The van der Waals surface area contributed by atoms with E-state index in [1.807, 2.05) is 6.07 Å². The Morgan fingerprint density at radius 1 is 1.10 bits per heavy atom. The van der Waals surface area contributed by atoms with Crippen LogP contribution in [0.15, 0.2) is 42.6 Å². The topological polar surface area (TPSA) is 45.4 Å². The van der Waals surface area contributed by atoms with Crippen LogP contribution in [0.3, 0.4) is 0 Å². The monoisotopic (exact) mass is 282 g/mol. The molecular weight excluding hydrogens is 260 g/mol. The van der Waals surface area contributed by atoms with Gasteiger partial charge in [-0.25, -0.2) is 4.98 Å². The summed E-state index contributed by atoms with van der Waals surface area (Å²) >= 11 is 0. The first-order valence-corrected chi connectivity index (χ1v) is 7.46. The zero-order valence-electron chi connectivity index (χ0n) is 12.5. The molecule has 2 heterocycles. The van der Waals surface area contributed by atoms with E-state index in [1.165, 1.54) is 11.3 Å². The molecule has 1 aromatic carbocycles. The summed E-state index contributed by atoms with van der Waals surface area (Å²) < 4.78 is 0. The summed E-state index contributed by atoms with van der Waals surface area (Å²) in [5, 5.41) is 0. The largest absolute Gasteiger partial charge is 0.383 e. The summed E-state index contributed by atoms with van der Waals surface area (Å²) in [5.41, 5.74) is 9.70. The highest BCUT2D eigenvalue weighted by Crippen LogP contribution is 2.19. The van der Waals surface area contributed by atoms with Gasteiger partial charge in [-0.2, -0.15) is 0 Å². The normalized spacial score (nSPS) is 16.1. The number of nitrogens with two attached hydrogens (primary N) is 1. The van der Waals surface area contributed by atoms with Crippen LogP contribution >= 0.6 is 0 Å². The van der Waals surface area contributed by atoms with Gasteiger partial charge in [0.05, 0.1) is 0 Å². The van der Waals surface area contributed by atoms with Crippen LogP contribution in [0.1, 0.15) is 11.1 Å². The maximum absolute atomic E-state index is 5.92. The number of rotatable bonds is 3. The molecule has 1 aromatic heterocycles. The number of hydrogen-bond donors (Lipinski definition) is 1. The lowest BCUT2D eigenvalue weighted by molar-refractivity contribution is 0.250. The second-order valence-electron chi connectivity index (χ2n) is 5.65. The molecule has 0 unspecified atom stereocenters. The number of nitrogens with zero attached hydrogens (tertiary/aromatic N) is 3. The van der Waals surface area contributed by atoms with E-state index < -0.39 is 0 Å². The molecule has 1 saturated heterocycles. The molecule has 0 spiro atoms. The summed E-state index contributed by atoms with van der Waals surface area (Å²) in [5.74, 6) is 0.651. The third-order valence-corrected chi connectivity index (χ3v) is 4.06. The number of anilines is 2. The van der Waals surface area contributed by atoms with Crippen LogP contribution in [0.25, 0.3) is 0 Å². The highest BCUT2D eigenvalue weighted by Gasteiger charge is 2.18. The number of aromatic nitrogens is 1. The van der Waals surface area contributed by atoms with Gasteiger partial charge in [0.25, 0.3) is 0 Å². The van der Waals surface area contributed by atoms with E-state index in [9.17, 15) is 0 Å². The van der Waals surface area contributed by atoms with Gasteiger partial charge >= 0.3 is 0 Å². The van der Waals surface area contributed by atoms with Crippen molar-refractivity contribution in [3.05, 3.63) is 53.7 Å². The average molecular weight is 282 g/mol. The molecule has 2 aromatic rings. The highest BCUT2D eigenvalue weighted by atomic mass is 15.3. The zero-order chi connectivity index (χ0) is 14.7. The van der Waals surface area contributed by atoms with Crippen molar-refractivity contribution >= 4 is 11.5 Å². The van der Waals surface area contributed by atoms with E-state index in [4.69, 9.17) is 5.73 Å². The Kier molecular flexibility index (Phi) is 4.06. The lowest BCUT2D eigenvalue weighted by Gasteiger charge is -2.36. The van der Waals surface area contributed by atoms with Crippen LogP contribution in [-0.4, -0.2) is 36.1 Å². The van der Waals surface area contributed by atoms with Gasteiger partial charge < -0.3 is 10.6 Å². The van der Waals surface area contributed by atoms with Crippen molar-refractivity contribution in [3.63, 3.8) is 0 Å². The summed E-state index contributed by atoms with van der Waals surface area (Å²) in [4.78, 5) is 9.06. The molecule has 3 rings (SSSR count). The minimum atomic E-state index is 0.651. The molecule has 2 N–H and O–H groups in total. The molecule has 0 saturated carbocycles. The van der Waals surface area contributed by atoms with Crippen molar-refractivity contribution in [2.24, 2.45) is 0 Å². The summed E-state index contributed by atoms with van der Waals surface area (Å²) in [7, 11) is 0. The molecule has 0 amide bonds. The van der Waals surface area contributed by atoms with Crippen molar-refractivity contribution in [1.82, 2.24) is 9.88 Å². The van der Waals surface area contributed by atoms with Crippen LogP contribution in [-0.2, 0) is 6.54 Å². The van der Waals surface area contributed by atoms with Crippen LogP contribution in [0.4, 0.5) is 11.5 Å². The van der Waals surface area contributed by atoms with E-state index >= 15 is 0 Å². The molecule has 4 heteroatoms. The van der Waals surface area contributed by atoms with E-state index in [1.54, 1.807) is 6.20 Å². The first-order chi connectivity index (χ1) is 10.2. The Morgan fingerprint density at radius 2 is 1.90 bits per heavy atom. The third kappa shape index (κ3) is 3.34. The molecule has 4 nitrogen and oxygen atoms in total. The summed E-state index contributed by atoms with van der Waals surface area (Å²) in [6.45, 7) is 7.27. The molecule has 1 aliphatic heterocycles. The van der Waals surface area contributed by atoms with Gasteiger partial charge in [-0.05, 0) is 30.7 Å². The fraction of sp³-hybridized carbons (Fsp3) is 0.353. The van der Waals surface area contributed by atoms with Crippen LogP contribution in [0.2, 0.25) is 0 Å². The minimum Gasteiger partial charge on any atom is -0.383 e. The Labute approximate surface area is 126 Å². The zero-order valence-corrected chi connectivity index (χ0v) is 12.5. The van der Waals surface area contributed by atoms with E-state index in [2.05, 4.69) is 52.0 Å². The second kappa shape index (κ2) is 6.14. The number of nitrogen functional groups attached to an aromatic ring is 1. The molecule has 0 radical (unpaired) electrons. The van der Waals surface area contributed by atoms with Gasteiger partial charge in [0.15, 0.2) is 0 Å². The lowest BCUT2D eigenvalue weighted by Crippen LogP contribution is -2.46. The summed E-state index contributed by atoms with van der Waals surface area (Å²) in [6, 6.07) is 12.7. The van der Waals surface area contributed by atoms with Crippen molar-refractivity contribution in [2.45, 2.75) is 13.5 Å². The average Bonchev–Trinajstić information content (AvgIpc) is 2.50. The number of pyridine rings is 1. The Balaban J connectivity index is 1.59. The molecule has 21 heavy (non-hydrogen) atoms. The second-order valence-corrected chi connectivity index (χ2v) is 5.65. The van der Waals surface area contributed by atoms with Gasteiger partial charge in [-0.3, -0.25) is 4.90 Å². The minimum absolute atomic E-state index is 0.651. The molecule has 0 aliphatic carbocycles. The third-order valence-electron chi connectivity index (χ3n) is 4.06.